The smallest absolute Gasteiger partial charge is 0.225 e. The Hall–Kier alpha value is -2.68. The van der Waals surface area contributed by atoms with Gasteiger partial charge in [0.15, 0.2) is 5.96 Å². The van der Waals surface area contributed by atoms with Crippen LogP contribution in [0.25, 0.3) is 0 Å². The maximum atomic E-state index is 4.52. The molecule has 0 aromatic carbocycles. The quantitative estimate of drug-likeness (QED) is 0.371. The van der Waals surface area contributed by atoms with Crippen LogP contribution in [0.15, 0.2) is 23.5 Å². The number of aryl methyl sites for hydroxylation is 2. The number of aromatic nitrogens is 4. The number of rotatable bonds is 8. The van der Waals surface area contributed by atoms with E-state index < -0.39 is 0 Å². The molecule has 9 nitrogen and oxygen atoms in total. The number of anilines is 1. The molecule has 0 amide bonds. The largest absolute Gasteiger partial charge is 0.356 e. The highest BCUT2D eigenvalue weighted by atomic mass is 15.3. The molecule has 1 fully saturated rings. The third-order valence-electron chi connectivity index (χ3n) is 5.93. The molecule has 1 aliphatic rings. The summed E-state index contributed by atoms with van der Waals surface area (Å²) in [6, 6.07) is 2.14. The maximum Gasteiger partial charge on any atom is 0.225 e. The van der Waals surface area contributed by atoms with Crippen molar-refractivity contribution in [2.75, 3.05) is 51.2 Å². The average Bonchev–Trinajstić information content (AvgIpc) is 3.02. The molecule has 1 aliphatic heterocycles. The van der Waals surface area contributed by atoms with Gasteiger partial charge in [-0.1, -0.05) is 0 Å². The number of aliphatic imine (C=N–C) groups is 1. The van der Waals surface area contributed by atoms with Crippen LogP contribution in [-0.2, 0) is 13.5 Å². The first-order valence-electron chi connectivity index (χ1n) is 11.2. The molecule has 0 saturated carbocycles. The van der Waals surface area contributed by atoms with Crippen molar-refractivity contribution in [3.8, 4) is 0 Å². The van der Waals surface area contributed by atoms with Crippen molar-refractivity contribution in [1.29, 1.82) is 0 Å². The molecule has 0 aliphatic carbocycles. The summed E-state index contributed by atoms with van der Waals surface area (Å²) in [5, 5.41) is 11.5. The molecule has 0 bridgehead atoms. The molecule has 2 aromatic rings. The van der Waals surface area contributed by atoms with Crippen molar-refractivity contribution >= 4 is 11.9 Å². The van der Waals surface area contributed by atoms with Crippen molar-refractivity contribution in [1.82, 2.24) is 35.3 Å². The predicted molar refractivity (Wildman–Crippen MR) is 126 cm³/mol. The van der Waals surface area contributed by atoms with Crippen molar-refractivity contribution in [3.05, 3.63) is 35.4 Å². The van der Waals surface area contributed by atoms with E-state index in [0.717, 1.165) is 69.7 Å². The van der Waals surface area contributed by atoms with Gasteiger partial charge in [-0.3, -0.25) is 14.6 Å². The number of guanidine groups is 1. The van der Waals surface area contributed by atoms with E-state index in [9.17, 15) is 0 Å². The summed E-state index contributed by atoms with van der Waals surface area (Å²) < 4.78 is 1.96. The topological polar surface area (TPSA) is 86.5 Å². The highest BCUT2D eigenvalue weighted by Crippen LogP contribution is 2.14. The van der Waals surface area contributed by atoms with Gasteiger partial charge in [-0.2, -0.15) is 5.10 Å². The SMILES string of the molecule is CN=C(NCCCN1CCN(c2ncccn2)CC1)NC(C)Cc1c(C)nn(C)c1C. The van der Waals surface area contributed by atoms with Crippen LogP contribution < -0.4 is 15.5 Å². The van der Waals surface area contributed by atoms with Gasteiger partial charge in [0, 0.05) is 70.9 Å². The van der Waals surface area contributed by atoms with Gasteiger partial charge in [0.2, 0.25) is 5.95 Å². The Bertz CT molecular complexity index is 838. The van der Waals surface area contributed by atoms with Crippen LogP contribution >= 0.6 is 0 Å². The lowest BCUT2D eigenvalue weighted by atomic mass is 10.1. The summed E-state index contributed by atoms with van der Waals surface area (Å²) in [6.07, 6.45) is 5.63. The van der Waals surface area contributed by atoms with Crippen LogP contribution in [0.4, 0.5) is 5.95 Å². The van der Waals surface area contributed by atoms with Gasteiger partial charge < -0.3 is 15.5 Å². The van der Waals surface area contributed by atoms with E-state index in [1.165, 1.54) is 11.3 Å². The summed E-state index contributed by atoms with van der Waals surface area (Å²) >= 11 is 0. The third kappa shape index (κ3) is 6.40. The van der Waals surface area contributed by atoms with Gasteiger partial charge in [0.1, 0.15) is 0 Å². The summed E-state index contributed by atoms with van der Waals surface area (Å²) in [4.78, 5) is 17.9. The van der Waals surface area contributed by atoms with Crippen LogP contribution in [-0.4, -0.2) is 83.0 Å². The third-order valence-corrected chi connectivity index (χ3v) is 5.93. The normalized spacial score (nSPS) is 16.4. The van der Waals surface area contributed by atoms with Gasteiger partial charge in [-0.05, 0) is 51.8 Å². The zero-order chi connectivity index (χ0) is 22.2. The monoisotopic (exact) mass is 427 g/mol. The fourth-order valence-electron chi connectivity index (χ4n) is 4.03. The van der Waals surface area contributed by atoms with Crippen molar-refractivity contribution < 1.29 is 0 Å². The molecular weight excluding hydrogens is 390 g/mol. The van der Waals surface area contributed by atoms with Crippen molar-refractivity contribution in [2.24, 2.45) is 12.0 Å². The Morgan fingerprint density at radius 2 is 1.87 bits per heavy atom. The molecule has 1 saturated heterocycles. The van der Waals surface area contributed by atoms with Crippen molar-refractivity contribution in [2.45, 2.75) is 39.7 Å². The standard InChI is InChI=1S/C22H37N9/c1-17(16-20-18(2)28-29(5)19(20)3)27-21(23-4)24-10-7-11-30-12-14-31(15-13-30)22-25-8-6-9-26-22/h6,8-9,17H,7,10-16H2,1-5H3,(H2,23,24,27). The molecule has 31 heavy (non-hydrogen) atoms. The van der Waals surface area contributed by atoms with Crippen LogP contribution in [0.3, 0.4) is 0 Å². The Morgan fingerprint density at radius 3 is 2.48 bits per heavy atom. The average molecular weight is 428 g/mol. The molecule has 0 radical (unpaired) electrons. The minimum absolute atomic E-state index is 0.279. The first kappa shape index (κ1) is 23.0. The van der Waals surface area contributed by atoms with Crippen LogP contribution in [0.1, 0.15) is 30.3 Å². The summed E-state index contributed by atoms with van der Waals surface area (Å²) in [6.45, 7) is 12.4. The van der Waals surface area contributed by atoms with Crippen molar-refractivity contribution in [3.63, 3.8) is 0 Å². The minimum atomic E-state index is 0.279. The van der Waals surface area contributed by atoms with E-state index in [0.29, 0.717) is 0 Å². The second-order valence-corrected chi connectivity index (χ2v) is 8.25. The van der Waals surface area contributed by atoms with Crippen LogP contribution in [0, 0.1) is 13.8 Å². The summed E-state index contributed by atoms with van der Waals surface area (Å²) in [7, 11) is 3.83. The zero-order valence-corrected chi connectivity index (χ0v) is 19.6. The van der Waals surface area contributed by atoms with Gasteiger partial charge >= 0.3 is 0 Å². The Labute approximate surface area is 186 Å². The molecule has 3 heterocycles. The van der Waals surface area contributed by atoms with E-state index in [4.69, 9.17) is 0 Å². The van der Waals surface area contributed by atoms with Gasteiger partial charge in [-0.25, -0.2) is 9.97 Å². The Balaban J connectivity index is 1.34. The molecule has 170 valence electrons. The lowest BCUT2D eigenvalue weighted by Crippen LogP contribution is -2.48. The number of hydrogen-bond donors (Lipinski definition) is 2. The molecule has 1 unspecified atom stereocenters. The second kappa shape index (κ2) is 11.1. The number of nitrogens with one attached hydrogen (secondary N) is 2. The number of piperazine rings is 1. The molecule has 2 aromatic heterocycles. The zero-order valence-electron chi connectivity index (χ0n) is 19.6. The Kier molecular flexibility index (Phi) is 8.22. The fourth-order valence-corrected chi connectivity index (χ4v) is 4.03. The van der Waals surface area contributed by atoms with E-state index in [-0.39, 0.29) is 6.04 Å². The maximum absolute atomic E-state index is 4.52. The number of nitrogens with zero attached hydrogens (tertiary/aromatic N) is 7. The molecule has 2 N–H and O–H groups in total. The summed E-state index contributed by atoms with van der Waals surface area (Å²) in [5.74, 6) is 1.70. The van der Waals surface area contributed by atoms with Gasteiger partial charge in [0.25, 0.3) is 0 Å². The second-order valence-electron chi connectivity index (χ2n) is 8.25. The molecule has 0 spiro atoms. The van der Waals surface area contributed by atoms with E-state index in [1.54, 1.807) is 12.4 Å². The molecule has 1 atom stereocenters. The summed E-state index contributed by atoms with van der Waals surface area (Å²) in [5.41, 5.74) is 3.65. The Morgan fingerprint density at radius 1 is 1.16 bits per heavy atom. The fraction of sp³-hybridized carbons (Fsp3) is 0.636. The van der Waals surface area contributed by atoms with E-state index in [1.807, 2.05) is 24.8 Å². The first-order valence-corrected chi connectivity index (χ1v) is 11.2. The van der Waals surface area contributed by atoms with E-state index in [2.05, 4.69) is 61.3 Å². The number of hydrogen-bond acceptors (Lipinski definition) is 6. The lowest BCUT2D eigenvalue weighted by molar-refractivity contribution is 0.254. The van der Waals surface area contributed by atoms with Gasteiger partial charge in [0.05, 0.1) is 5.69 Å². The highest BCUT2D eigenvalue weighted by Gasteiger charge is 2.18. The lowest BCUT2D eigenvalue weighted by Gasteiger charge is -2.34. The first-order chi connectivity index (χ1) is 15.0. The van der Waals surface area contributed by atoms with E-state index >= 15 is 0 Å². The van der Waals surface area contributed by atoms with Gasteiger partial charge in [-0.15, -0.1) is 0 Å². The molecule has 9 heteroatoms. The highest BCUT2D eigenvalue weighted by molar-refractivity contribution is 5.79. The minimum Gasteiger partial charge on any atom is -0.356 e. The molecular formula is C22H37N9. The van der Waals surface area contributed by atoms with Crippen LogP contribution in [0.2, 0.25) is 0 Å². The molecule has 3 rings (SSSR count). The predicted octanol–water partition coefficient (Wildman–Crippen LogP) is 1.14. The van der Waals surface area contributed by atoms with Crippen LogP contribution in [0.5, 0.6) is 0 Å².